The zero-order valence-corrected chi connectivity index (χ0v) is 7.63. The summed E-state index contributed by atoms with van der Waals surface area (Å²) in [5, 5.41) is -0.669. The van der Waals surface area contributed by atoms with Crippen molar-refractivity contribution in [2.75, 3.05) is 6.61 Å². The largest absolute Gasteiger partial charge is 0.352 e. The van der Waals surface area contributed by atoms with E-state index >= 15 is 0 Å². The number of allylic oxidation sites excluding steroid dienone is 2. The molecule has 0 aromatic rings. The van der Waals surface area contributed by atoms with Gasteiger partial charge in [0.1, 0.15) is 0 Å². The van der Waals surface area contributed by atoms with Crippen molar-refractivity contribution < 1.29 is 4.74 Å². The SMILES string of the molecule is ClC1(OCC2CC2)C=C[CH]C=C1. The first-order valence-electron chi connectivity index (χ1n) is 4.32. The van der Waals surface area contributed by atoms with Crippen LogP contribution in [0.25, 0.3) is 0 Å². The van der Waals surface area contributed by atoms with Crippen molar-refractivity contribution in [2.45, 2.75) is 17.9 Å². The average Bonchev–Trinajstić information content (AvgIpc) is 2.85. The van der Waals surface area contributed by atoms with Crippen LogP contribution in [0.5, 0.6) is 0 Å². The van der Waals surface area contributed by atoms with E-state index in [2.05, 4.69) is 0 Å². The Bertz CT molecular complexity index is 204. The van der Waals surface area contributed by atoms with E-state index in [0.29, 0.717) is 0 Å². The summed E-state index contributed by atoms with van der Waals surface area (Å²) in [5.74, 6) is 0.758. The lowest BCUT2D eigenvalue weighted by molar-refractivity contribution is 0.0771. The summed E-state index contributed by atoms with van der Waals surface area (Å²) in [6, 6.07) is 0. The number of rotatable bonds is 3. The van der Waals surface area contributed by atoms with Gasteiger partial charge in [-0.25, -0.2) is 0 Å². The van der Waals surface area contributed by atoms with E-state index in [-0.39, 0.29) is 0 Å². The highest BCUT2D eigenvalue weighted by Crippen LogP contribution is 2.33. The Morgan fingerprint density at radius 3 is 2.58 bits per heavy atom. The quantitative estimate of drug-likeness (QED) is 0.612. The Kier molecular flexibility index (Phi) is 2.24. The van der Waals surface area contributed by atoms with Gasteiger partial charge in [0.25, 0.3) is 0 Å². The van der Waals surface area contributed by atoms with Gasteiger partial charge in [-0.3, -0.25) is 0 Å². The molecule has 0 aromatic carbocycles. The van der Waals surface area contributed by atoms with Crippen LogP contribution in [0.3, 0.4) is 0 Å². The van der Waals surface area contributed by atoms with Crippen molar-refractivity contribution in [3.63, 3.8) is 0 Å². The molecule has 0 unspecified atom stereocenters. The molecule has 2 aliphatic carbocycles. The van der Waals surface area contributed by atoms with Gasteiger partial charge in [-0.15, -0.1) is 0 Å². The molecule has 1 fully saturated rings. The van der Waals surface area contributed by atoms with Crippen LogP contribution in [0, 0.1) is 12.3 Å². The van der Waals surface area contributed by atoms with Crippen LogP contribution >= 0.6 is 11.6 Å². The fourth-order valence-corrected chi connectivity index (χ4v) is 1.33. The fourth-order valence-electron chi connectivity index (χ4n) is 1.12. The van der Waals surface area contributed by atoms with E-state index in [1.807, 2.05) is 30.7 Å². The highest BCUT2D eigenvalue weighted by Gasteiger charge is 2.28. The highest BCUT2D eigenvalue weighted by atomic mass is 35.5. The van der Waals surface area contributed by atoms with Gasteiger partial charge in [0.15, 0.2) is 5.06 Å². The van der Waals surface area contributed by atoms with Crippen LogP contribution in [0.15, 0.2) is 24.3 Å². The van der Waals surface area contributed by atoms with Crippen molar-refractivity contribution in [3.8, 4) is 0 Å². The van der Waals surface area contributed by atoms with Gasteiger partial charge < -0.3 is 4.74 Å². The molecule has 1 saturated carbocycles. The van der Waals surface area contributed by atoms with Crippen LogP contribution < -0.4 is 0 Å². The summed E-state index contributed by atoms with van der Waals surface area (Å²) in [5.41, 5.74) is 0. The lowest BCUT2D eigenvalue weighted by atomic mass is 10.1. The van der Waals surface area contributed by atoms with E-state index in [1.165, 1.54) is 12.8 Å². The number of hydrogen-bond acceptors (Lipinski definition) is 1. The van der Waals surface area contributed by atoms with Crippen molar-refractivity contribution >= 4 is 11.6 Å². The third kappa shape index (κ3) is 2.11. The molecule has 12 heavy (non-hydrogen) atoms. The first-order valence-corrected chi connectivity index (χ1v) is 4.70. The van der Waals surface area contributed by atoms with Gasteiger partial charge in [0.05, 0.1) is 6.61 Å². The Balaban J connectivity index is 1.85. The maximum Gasteiger partial charge on any atom is 0.179 e. The molecule has 2 rings (SSSR count). The number of hydrogen-bond donors (Lipinski definition) is 0. The third-order valence-corrected chi connectivity index (χ3v) is 2.47. The summed E-state index contributed by atoms with van der Waals surface area (Å²) in [7, 11) is 0. The van der Waals surface area contributed by atoms with Gasteiger partial charge in [-0.2, -0.15) is 0 Å². The molecule has 0 spiro atoms. The lowest BCUT2D eigenvalue weighted by Crippen LogP contribution is -2.22. The molecule has 0 bridgehead atoms. The molecule has 0 amide bonds. The average molecular weight is 184 g/mol. The van der Waals surface area contributed by atoms with Gasteiger partial charge >= 0.3 is 0 Å². The first kappa shape index (κ1) is 8.33. The van der Waals surface area contributed by atoms with E-state index in [4.69, 9.17) is 16.3 Å². The summed E-state index contributed by atoms with van der Waals surface area (Å²) >= 11 is 6.13. The number of alkyl halides is 1. The zero-order valence-electron chi connectivity index (χ0n) is 6.87. The second-order valence-corrected chi connectivity index (χ2v) is 3.95. The van der Waals surface area contributed by atoms with Crippen molar-refractivity contribution in [1.29, 1.82) is 0 Å². The predicted octanol–water partition coefficient (Wildman–Crippen LogP) is 2.68. The maximum atomic E-state index is 6.13. The Labute approximate surface area is 78.0 Å². The second kappa shape index (κ2) is 3.23. The second-order valence-electron chi connectivity index (χ2n) is 3.36. The minimum atomic E-state index is -0.669. The molecule has 0 heterocycles. The molecular weight excluding hydrogens is 172 g/mol. The highest BCUT2D eigenvalue weighted by molar-refractivity contribution is 6.25. The molecule has 0 aromatic heterocycles. The molecule has 0 N–H and O–H groups in total. The molecule has 0 atom stereocenters. The third-order valence-electron chi connectivity index (χ3n) is 2.11. The number of halogens is 1. The van der Waals surface area contributed by atoms with E-state index in [1.54, 1.807) is 0 Å². The standard InChI is InChI=1S/C10H12ClO/c11-10(6-2-1-3-7-10)12-8-9-4-5-9/h1-3,6-7,9H,4-5,8H2. The molecule has 0 saturated heterocycles. The van der Waals surface area contributed by atoms with Gasteiger partial charge in [-0.1, -0.05) is 23.8 Å². The van der Waals surface area contributed by atoms with Crippen LogP contribution in [-0.4, -0.2) is 11.7 Å². The molecule has 65 valence electrons. The Morgan fingerprint density at radius 1 is 1.33 bits per heavy atom. The Hall–Kier alpha value is -0.270. The molecule has 1 nitrogen and oxygen atoms in total. The topological polar surface area (TPSA) is 9.23 Å². The van der Waals surface area contributed by atoms with Crippen LogP contribution in [0.2, 0.25) is 0 Å². The van der Waals surface area contributed by atoms with Crippen LogP contribution in [0.1, 0.15) is 12.8 Å². The zero-order chi connectivity index (χ0) is 8.44. The summed E-state index contributed by atoms with van der Waals surface area (Å²) in [6.07, 6.45) is 12.1. The van der Waals surface area contributed by atoms with Crippen molar-refractivity contribution in [3.05, 3.63) is 30.7 Å². The van der Waals surface area contributed by atoms with Gasteiger partial charge in [-0.05, 0) is 30.9 Å². The van der Waals surface area contributed by atoms with E-state index in [9.17, 15) is 0 Å². The molecule has 2 aliphatic rings. The summed E-state index contributed by atoms with van der Waals surface area (Å²) in [4.78, 5) is 0. The summed E-state index contributed by atoms with van der Waals surface area (Å²) in [6.45, 7) is 0.790. The lowest BCUT2D eigenvalue weighted by Gasteiger charge is -2.21. The van der Waals surface area contributed by atoms with E-state index < -0.39 is 5.06 Å². The molecule has 0 aliphatic heterocycles. The van der Waals surface area contributed by atoms with Crippen LogP contribution in [-0.2, 0) is 4.74 Å². The monoisotopic (exact) mass is 183 g/mol. The smallest absolute Gasteiger partial charge is 0.179 e. The minimum Gasteiger partial charge on any atom is -0.352 e. The normalized spacial score (nSPS) is 26.1. The number of ether oxygens (including phenoxy) is 1. The van der Waals surface area contributed by atoms with Gasteiger partial charge in [0, 0.05) is 6.42 Å². The van der Waals surface area contributed by atoms with Crippen molar-refractivity contribution in [1.82, 2.24) is 0 Å². The maximum absolute atomic E-state index is 6.13. The predicted molar refractivity (Wildman–Crippen MR) is 49.8 cm³/mol. The molecular formula is C10H12ClO. The van der Waals surface area contributed by atoms with Crippen LogP contribution in [0.4, 0.5) is 0 Å². The molecule has 1 radical (unpaired) electrons. The van der Waals surface area contributed by atoms with Gasteiger partial charge in [0.2, 0.25) is 0 Å². The van der Waals surface area contributed by atoms with Crippen molar-refractivity contribution in [2.24, 2.45) is 5.92 Å². The minimum absolute atomic E-state index is 0.669. The summed E-state index contributed by atoms with van der Waals surface area (Å²) < 4.78 is 5.57. The fraction of sp³-hybridized carbons (Fsp3) is 0.500. The molecule has 2 heteroatoms. The Morgan fingerprint density at radius 2 is 2.00 bits per heavy atom. The first-order chi connectivity index (χ1) is 5.79. The van der Waals surface area contributed by atoms with E-state index in [0.717, 1.165) is 12.5 Å².